The number of nitrogens with two attached hydrogens (primary N) is 1. The van der Waals surface area contributed by atoms with E-state index < -0.39 is 0 Å². The summed E-state index contributed by atoms with van der Waals surface area (Å²) >= 11 is 0. The highest BCUT2D eigenvalue weighted by molar-refractivity contribution is 6.03. The number of aromatic nitrogens is 3. The molecule has 33 heavy (non-hydrogen) atoms. The third-order valence-electron chi connectivity index (χ3n) is 6.38. The Bertz CT molecular complexity index is 1180. The van der Waals surface area contributed by atoms with Crippen LogP contribution in [0.3, 0.4) is 0 Å². The van der Waals surface area contributed by atoms with Gasteiger partial charge in [-0.3, -0.25) is 4.98 Å². The van der Waals surface area contributed by atoms with Crippen LogP contribution in [0.5, 0.6) is 0 Å². The summed E-state index contributed by atoms with van der Waals surface area (Å²) in [5.41, 5.74) is 12.1. The van der Waals surface area contributed by atoms with Crippen LogP contribution in [0, 0.1) is 12.7 Å². The highest BCUT2D eigenvalue weighted by Gasteiger charge is 2.31. The van der Waals surface area contributed by atoms with Crippen LogP contribution in [0.1, 0.15) is 47.7 Å². The minimum absolute atomic E-state index is 0.0392. The van der Waals surface area contributed by atoms with Gasteiger partial charge in [0.1, 0.15) is 11.9 Å². The number of anilines is 1. The summed E-state index contributed by atoms with van der Waals surface area (Å²) in [7, 11) is 0. The van der Waals surface area contributed by atoms with Crippen LogP contribution in [-0.2, 0) is 11.3 Å². The van der Waals surface area contributed by atoms with Gasteiger partial charge < -0.3 is 15.9 Å². The number of halogens is 1. The molecule has 1 aliphatic heterocycles. The first-order valence-electron chi connectivity index (χ1n) is 11.3. The largest absolute Gasteiger partial charge is 0.392 e. The lowest BCUT2D eigenvalue weighted by Gasteiger charge is -2.28. The average Bonchev–Trinajstić information content (AvgIpc) is 2.83. The minimum atomic E-state index is -0.278. The zero-order valence-electron chi connectivity index (χ0n) is 18.6. The summed E-state index contributed by atoms with van der Waals surface area (Å²) in [5, 5.41) is 7.96. The van der Waals surface area contributed by atoms with Gasteiger partial charge in [0.05, 0.1) is 17.1 Å². The molecule has 3 heterocycles. The van der Waals surface area contributed by atoms with Gasteiger partial charge in [-0.2, -0.15) is 0 Å². The molecule has 1 atom stereocenters. The molecule has 3 aromatic rings. The number of oxime groups is 1. The molecule has 1 aliphatic carbocycles. The number of fused-ring (bicyclic) bond motifs is 1. The minimum Gasteiger partial charge on any atom is -0.392 e. The number of pyridine rings is 1. The fourth-order valence-corrected chi connectivity index (χ4v) is 4.82. The Kier molecular flexibility index (Phi) is 6.00. The highest BCUT2D eigenvalue weighted by Crippen LogP contribution is 2.38. The third kappa shape index (κ3) is 4.57. The van der Waals surface area contributed by atoms with Gasteiger partial charge >= 0.3 is 0 Å². The lowest BCUT2D eigenvalue weighted by molar-refractivity contribution is 0.0372. The number of hydrogen-bond donors (Lipinski definition) is 2. The number of nitrogens with one attached hydrogen (secondary N) is 1. The van der Waals surface area contributed by atoms with Crippen LogP contribution in [0.4, 0.5) is 10.3 Å². The number of nitrogens with zero attached hydrogens (tertiary/aromatic N) is 4. The number of rotatable bonds is 4. The topological polar surface area (TPSA) is 98.3 Å². The standard InChI is InChI=1S/C25H27FN6O/c1-15-24-22(31-25(27)30-15)11-17(12-23(24)32-33-19-6-9-28-10-7-19)20-5-4-18(26)13-21(20)16-3-2-8-29-14-16/h2-5,8,13-14,17,19,28H,6-7,9-12H2,1H3,(H2,27,30,31). The molecule has 3 N–H and O–H groups in total. The third-order valence-corrected chi connectivity index (χ3v) is 6.38. The number of benzene rings is 1. The molecule has 2 aliphatic rings. The SMILES string of the molecule is Cc1nc(N)nc2c1C(=NOC1CCNCC1)CC(c1ccc(F)cc1-c1cccnc1)C2. The van der Waals surface area contributed by atoms with E-state index in [0.717, 1.165) is 65.3 Å². The Labute approximate surface area is 192 Å². The van der Waals surface area contributed by atoms with Crippen molar-refractivity contribution in [3.05, 3.63) is 71.1 Å². The summed E-state index contributed by atoms with van der Waals surface area (Å²) in [4.78, 5) is 19.1. The van der Waals surface area contributed by atoms with Gasteiger partial charge in [0.25, 0.3) is 0 Å². The van der Waals surface area contributed by atoms with Crippen LogP contribution in [0.2, 0.25) is 0 Å². The van der Waals surface area contributed by atoms with Crippen molar-refractivity contribution in [2.45, 2.75) is 44.6 Å². The molecule has 1 aromatic carbocycles. The molecule has 0 radical (unpaired) electrons. The zero-order chi connectivity index (χ0) is 22.8. The van der Waals surface area contributed by atoms with Crippen LogP contribution in [0.15, 0.2) is 47.9 Å². The molecule has 1 saturated heterocycles. The van der Waals surface area contributed by atoms with Crippen LogP contribution < -0.4 is 11.1 Å². The fourth-order valence-electron chi connectivity index (χ4n) is 4.82. The lowest BCUT2D eigenvalue weighted by Crippen LogP contribution is -2.32. The van der Waals surface area contributed by atoms with E-state index in [2.05, 4.69) is 25.4 Å². The van der Waals surface area contributed by atoms with Gasteiger partial charge in [0.15, 0.2) is 0 Å². The summed E-state index contributed by atoms with van der Waals surface area (Å²) in [6.45, 7) is 3.78. The Morgan fingerprint density at radius 1 is 1.15 bits per heavy atom. The van der Waals surface area contributed by atoms with Crippen molar-refractivity contribution in [2.75, 3.05) is 18.8 Å². The molecule has 5 rings (SSSR count). The van der Waals surface area contributed by atoms with Crippen molar-refractivity contribution in [2.24, 2.45) is 5.16 Å². The quantitative estimate of drug-likeness (QED) is 0.592. The number of aryl methyl sites for hydroxylation is 1. The second-order valence-electron chi connectivity index (χ2n) is 8.66. The molecule has 2 aromatic heterocycles. The Balaban J connectivity index is 1.55. The van der Waals surface area contributed by atoms with E-state index in [0.29, 0.717) is 12.8 Å². The average molecular weight is 447 g/mol. The van der Waals surface area contributed by atoms with Crippen molar-refractivity contribution in [3.8, 4) is 11.1 Å². The number of piperidine rings is 1. The first-order valence-corrected chi connectivity index (χ1v) is 11.3. The van der Waals surface area contributed by atoms with Gasteiger partial charge in [0, 0.05) is 29.9 Å². The first kappa shape index (κ1) is 21.5. The van der Waals surface area contributed by atoms with Crippen LogP contribution in [0.25, 0.3) is 11.1 Å². The van der Waals surface area contributed by atoms with E-state index in [1.807, 2.05) is 25.1 Å². The second kappa shape index (κ2) is 9.23. The lowest BCUT2D eigenvalue weighted by atomic mass is 9.78. The normalized spacial score (nSPS) is 19.9. The smallest absolute Gasteiger partial charge is 0.220 e. The van der Waals surface area contributed by atoms with Gasteiger partial charge in [-0.25, -0.2) is 14.4 Å². The van der Waals surface area contributed by atoms with Crippen LogP contribution >= 0.6 is 0 Å². The molecular weight excluding hydrogens is 419 g/mol. The predicted octanol–water partition coefficient (Wildman–Crippen LogP) is 3.77. The van der Waals surface area contributed by atoms with Gasteiger partial charge in [-0.15, -0.1) is 0 Å². The van der Waals surface area contributed by atoms with Gasteiger partial charge in [-0.1, -0.05) is 17.3 Å². The number of hydrogen-bond acceptors (Lipinski definition) is 7. The van der Waals surface area contributed by atoms with E-state index >= 15 is 0 Å². The number of nitrogen functional groups attached to an aromatic ring is 1. The highest BCUT2D eigenvalue weighted by atomic mass is 19.1. The van der Waals surface area contributed by atoms with E-state index in [1.54, 1.807) is 18.5 Å². The monoisotopic (exact) mass is 446 g/mol. The molecule has 1 fully saturated rings. The zero-order valence-corrected chi connectivity index (χ0v) is 18.6. The summed E-state index contributed by atoms with van der Waals surface area (Å²) in [5.74, 6) is 0.00819. The Hall–Kier alpha value is -3.39. The van der Waals surface area contributed by atoms with Gasteiger partial charge in [0.2, 0.25) is 5.95 Å². The van der Waals surface area contributed by atoms with Gasteiger partial charge in [-0.05, 0) is 74.5 Å². The molecule has 7 nitrogen and oxygen atoms in total. The van der Waals surface area contributed by atoms with E-state index in [4.69, 9.17) is 10.6 Å². The summed E-state index contributed by atoms with van der Waals surface area (Å²) < 4.78 is 14.2. The summed E-state index contributed by atoms with van der Waals surface area (Å²) in [6, 6.07) is 8.74. The van der Waals surface area contributed by atoms with E-state index in [9.17, 15) is 4.39 Å². The van der Waals surface area contributed by atoms with Crippen molar-refractivity contribution in [1.82, 2.24) is 20.3 Å². The molecule has 0 saturated carbocycles. The Morgan fingerprint density at radius 2 is 2.00 bits per heavy atom. The van der Waals surface area contributed by atoms with Crippen molar-refractivity contribution >= 4 is 11.7 Å². The maximum Gasteiger partial charge on any atom is 0.220 e. The van der Waals surface area contributed by atoms with E-state index in [-0.39, 0.29) is 23.8 Å². The molecule has 0 bridgehead atoms. The molecule has 0 amide bonds. The fraction of sp³-hybridized carbons (Fsp3) is 0.360. The second-order valence-corrected chi connectivity index (χ2v) is 8.66. The molecule has 8 heteroatoms. The van der Waals surface area contributed by atoms with Crippen molar-refractivity contribution < 1.29 is 9.23 Å². The summed E-state index contributed by atoms with van der Waals surface area (Å²) in [6.07, 6.45) is 6.72. The van der Waals surface area contributed by atoms with Crippen molar-refractivity contribution in [1.29, 1.82) is 0 Å². The van der Waals surface area contributed by atoms with Crippen LogP contribution in [-0.4, -0.2) is 39.9 Å². The Morgan fingerprint density at radius 3 is 2.79 bits per heavy atom. The maximum atomic E-state index is 14.2. The molecule has 1 unspecified atom stereocenters. The molecule has 0 spiro atoms. The maximum absolute atomic E-state index is 14.2. The predicted molar refractivity (Wildman–Crippen MR) is 125 cm³/mol. The van der Waals surface area contributed by atoms with Crippen molar-refractivity contribution in [3.63, 3.8) is 0 Å². The van der Waals surface area contributed by atoms with E-state index in [1.165, 1.54) is 6.07 Å². The molecular formula is C25H27FN6O. The first-order chi connectivity index (χ1) is 16.1. The molecule has 170 valence electrons.